The summed E-state index contributed by atoms with van der Waals surface area (Å²) in [6.07, 6.45) is 4.33. The summed E-state index contributed by atoms with van der Waals surface area (Å²) < 4.78 is 2.28. The minimum absolute atomic E-state index is 1.01. The molecule has 0 amide bonds. The van der Waals surface area contributed by atoms with Crippen LogP contribution in [0.25, 0.3) is 22.5 Å². The summed E-state index contributed by atoms with van der Waals surface area (Å²) in [6, 6.07) is 21.0. The van der Waals surface area contributed by atoms with Gasteiger partial charge in [-0.25, -0.2) is 4.98 Å². The molecule has 1 heterocycles. The standard InChI is InChI=1S/C19H20N2/c1-2-3-14-21-15-20-18(16-10-6-4-7-11-16)19(21)17-12-8-5-9-13-17/h4-13,15H,2-3,14H2,1H3. The van der Waals surface area contributed by atoms with Gasteiger partial charge < -0.3 is 4.57 Å². The summed E-state index contributed by atoms with van der Waals surface area (Å²) in [4.78, 5) is 4.68. The number of aryl methyl sites for hydroxylation is 1. The third kappa shape index (κ3) is 2.89. The Morgan fingerprint density at radius 3 is 2.10 bits per heavy atom. The summed E-state index contributed by atoms with van der Waals surface area (Å²) in [6.45, 7) is 3.23. The molecular weight excluding hydrogens is 256 g/mol. The zero-order valence-electron chi connectivity index (χ0n) is 12.4. The first kappa shape index (κ1) is 13.6. The maximum absolute atomic E-state index is 4.68. The highest BCUT2D eigenvalue weighted by Crippen LogP contribution is 2.31. The van der Waals surface area contributed by atoms with Crippen molar-refractivity contribution in [3.8, 4) is 22.5 Å². The van der Waals surface area contributed by atoms with Crippen LogP contribution in [-0.4, -0.2) is 9.55 Å². The van der Waals surface area contributed by atoms with Gasteiger partial charge in [-0.15, -0.1) is 0 Å². The van der Waals surface area contributed by atoms with Crippen LogP contribution in [0.3, 0.4) is 0 Å². The number of rotatable bonds is 5. The largest absolute Gasteiger partial charge is 0.330 e. The van der Waals surface area contributed by atoms with Gasteiger partial charge in [0.15, 0.2) is 0 Å². The average molecular weight is 276 g/mol. The summed E-state index contributed by atoms with van der Waals surface area (Å²) >= 11 is 0. The van der Waals surface area contributed by atoms with Crippen LogP contribution in [0.15, 0.2) is 67.0 Å². The lowest BCUT2D eigenvalue weighted by molar-refractivity contribution is 0.636. The fraction of sp³-hybridized carbons (Fsp3) is 0.211. The van der Waals surface area contributed by atoms with Crippen LogP contribution < -0.4 is 0 Å². The zero-order chi connectivity index (χ0) is 14.5. The second-order valence-corrected chi connectivity index (χ2v) is 5.22. The second kappa shape index (κ2) is 6.40. The van der Waals surface area contributed by atoms with Crippen molar-refractivity contribution < 1.29 is 0 Å². The highest BCUT2D eigenvalue weighted by molar-refractivity contribution is 5.78. The Bertz CT molecular complexity index is 684. The lowest BCUT2D eigenvalue weighted by Crippen LogP contribution is -1.99. The first-order chi connectivity index (χ1) is 10.4. The zero-order valence-corrected chi connectivity index (χ0v) is 12.4. The van der Waals surface area contributed by atoms with E-state index in [1.807, 2.05) is 12.4 Å². The third-order valence-corrected chi connectivity index (χ3v) is 3.68. The van der Waals surface area contributed by atoms with E-state index in [1.54, 1.807) is 0 Å². The molecule has 0 spiro atoms. The van der Waals surface area contributed by atoms with Gasteiger partial charge in [0.1, 0.15) is 0 Å². The predicted octanol–water partition coefficient (Wildman–Crippen LogP) is 5.02. The molecule has 21 heavy (non-hydrogen) atoms. The molecule has 2 aromatic carbocycles. The van der Waals surface area contributed by atoms with Crippen molar-refractivity contribution in [2.75, 3.05) is 0 Å². The fourth-order valence-corrected chi connectivity index (χ4v) is 2.59. The molecule has 0 aliphatic carbocycles. The van der Waals surface area contributed by atoms with Crippen molar-refractivity contribution in [1.82, 2.24) is 9.55 Å². The summed E-state index contributed by atoms with van der Waals surface area (Å²) in [5, 5.41) is 0. The van der Waals surface area contributed by atoms with Gasteiger partial charge in [-0.1, -0.05) is 74.0 Å². The van der Waals surface area contributed by atoms with Crippen LogP contribution in [0.4, 0.5) is 0 Å². The van der Waals surface area contributed by atoms with E-state index in [1.165, 1.54) is 29.7 Å². The van der Waals surface area contributed by atoms with Crippen LogP contribution in [0.5, 0.6) is 0 Å². The van der Waals surface area contributed by atoms with Crippen LogP contribution in [0.2, 0.25) is 0 Å². The Morgan fingerprint density at radius 1 is 0.857 bits per heavy atom. The van der Waals surface area contributed by atoms with E-state index >= 15 is 0 Å². The smallest absolute Gasteiger partial charge is 0.0963 e. The minimum Gasteiger partial charge on any atom is -0.330 e. The molecule has 0 aliphatic heterocycles. The maximum atomic E-state index is 4.68. The molecule has 2 nitrogen and oxygen atoms in total. The van der Waals surface area contributed by atoms with Crippen molar-refractivity contribution in [1.29, 1.82) is 0 Å². The number of hydrogen-bond acceptors (Lipinski definition) is 1. The van der Waals surface area contributed by atoms with E-state index in [-0.39, 0.29) is 0 Å². The molecule has 0 saturated carbocycles. The van der Waals surface area contributed by atoms with Crippen molar-refractivity contribution >= 4 is 0 Å². The highest BCUT2D eigenvalue weighted by atomic mass is 15.1. The Labute approximate surface area is 126 Å². The van der Waals surface area contributed by atoms with Gasteiger partial charge in [0.2, 0.25) is 0 Å². The highest BCUT2D eigenvalue weighted by Gasteiger charge is 2.14. The summed E-state index contributed by atoms with van der Waals surface area (Å²) in [5.41, 5.74) is 4.68. The van der Waals surface area contributed by atoms with E-state index < -0.39 is 0 Å². The number of hydrogen-bond donors (Lipinski definition) is 0. The van der Waals surface area contributed by atoms with Gasteiger partial charge in [0.05, 0.1) is 17.7 Å². The van der Waals surface area contributed by atoms with Crippen molar-refractivity contribution in [2.45, 2.75) is 26.3 Å². The average Bonchev–Trinajstić information content (AvgIpc) is 2.98. The number of nitrogens with zero attached hydrogens (tertiary/aromatic N) is 2. The molecule has 106 valence electrons. The van der Waals surface area contributed by atoms with E-state index in [4.69, 9.17) is 0 Å². The normalized spacial score (nSPS) is 10.7. The van der Waals surface area contributed by atoms with Gasteiger partial charge in [0, 0.05) is 17.7 Å². The molecule has 0 bridgehead atoms. The quantitative estimate of drug-likeness (QED) is 0.640. The maximum Gasteiger partial charge on any atom is 0.0963 e. The second-order valence-electron chi connectivity index (χ2n) is 5.22. The molecule has 0 atom stereocenters. The van der Waals surface area contributed by atoms with Crippen LogP contribution in [0.1, 0.15) is 19.8 Å². The summed E-state index contributed by atoms with van der Waals surface area (Å²) in [7, 11) is 0. The third-order valence-electron chi connectivity index (χ3n) is 3.68. The van der Waals surface area contributed by atoms with Crippen LogP contribution >= 0.6 is 0 Å². The van der Waals surface area contributed by atoms with Gasteiger partial charge >= 0.3 is 0 Å². The van der Waals surface area contributed by atoms with Gasteiger partial charge in [0.25, 0.3) is 0 Å². The van der Waals surface area contributed by atoms with E-state index in [0.717, 1.165) is 12.2 Å². The Hall–Kier alpha value is -2.35. The number of unbranched alkanes of at least 4 members (excludes halogenated alkanes) is 1. The fourth-order valence-electron chi connectivity index (χ4n) is 2.59. The number of aromatic nitrogens is 2. The molecule has 3 rings (SSSR count). The molecule has 2 heteroatoms. The molecule has 0 saturated heterocycles. The number of imidazole rings is 1. The number of benzene rings is 2. The first-order valence-corrected chi connectivity index (χ1v) is 7.56. The molecule has 0 aliphatic rings. The van der Waals surface area contributed by atoms with Crippen LogP contribution in [-0.2, 0) is 6.54 Å². The topological polar surface area (TPSA) is 17.8 Å². The monoisotopic (exact) mass is 276 g/mol. The lowest BCUT2D eigenvalue weighted by Gasteiger charge is -2.10. The van der Waals surface area contributed by atoms with Gasteiger partial charge in [-0.05, 0) is 6.42 Å². The molecule has 3 aromatic rings. The van der Waals surface area contributed by atoms with Gasteiger partial charge in [-0.2, -0.15) is 0 Å². The minimum atomic E-state index is 1.01. The molecule has 0 N–H and O–H groups in total. The Morgan fingerprint density at radius 2 is 1.48 bits per heavy atom. The summed E-state index contributed by atoms with van der Waals surface area (Å²) in [5.74, 6) is 0. The Kier molecular flexibility index (Phi) is 4.15. The van der Waals surface area contributed by atoms with Crippen molar-refractivity contribution in [2.24, 2.45) is 0 Å². The van der Waals surface area contributed by atoms with Gasteiger partial charge in [-0.3, -0.25) is 0 Å². The van der Waals surface area contributed by atoms with Crippen molar-refractivity contribution in [3.63, 3.8) is 0 Å². The van der Waals surface area contributed by atoms with E-state index in [9.17, 15) is 0 Å². The SMILES string of the molecule is CCCCn1cnc(-c2ccccc2)c1-c1ccccc1. The van der Waals surface area contributed by atoms with Crippen molar-refractivity contribution in [3.05, 3.63) is 67.0 Å². The lowest BCUT2D eigenvalue weighted by atomic mass is 10.0. The Balaban J connectivity index is 2.11. The van der Waals surface area contributed by atoms with E-state index in [0.29, 0.717) is 0 Å². The molecule has 0 radical (unpaired) electrons. The first-order valence-electron chi connectivity index (χ1n) is 7.56. The predicted molar refractivity (Wildman–Crippen MR) is 88.0 cm³/mol. The van der Waals surface area contributed by atoms with E-state index in [2.05, 4.69) is 71.1 Å². The van der Waals surface area contributed by atoms with Crippen LogP contribution in [0, 0.1) is 0 Å². The molecule has 1 aromatic heterocycles. The molecular formula is C19H20N2. The molecule has 0 unspecified atom stereocenters. The molecule has 0 fully saturated rings.